The molecule has 0 spiro atoms. The third-order valence-corrected chi connectivity index (χ3v) is 6.94. The third-order valence-electron chi connectivity index (χ3n) is 6.94. The van der Waals surface area contributed by atoms with Gasteiger partial charge in [-0.1, -0.05) is 18.1 Å². The molecule has 2 heterocycles. The molecular formula is C29H29N5O3. The van der Waals surface area contributed by atoms with Gasteiger partial charge in [0.15, 0.2) is 0 Å². The maximum Gasteiger partial charge on any atom is 0.308 e. The van der Waals surface area contributed by atoms with Gasteiger partial charge in [0.25, 0.3) is 5.91 Å². The Morgan fingerprint density at radius 1 is 1.08 bits per heavy atom. The van der Waals surface area contributed by atoms with E-state index in [0.29, 0.717) is 24.9 Å². The number of benzene rings is 2. The summed E-state index contributed by atoms with van der Waals surface area (Å²) in [6, 6.07) is 13.7. The van der Waals surface area contributed by atoms with Crippen molar-refractivity contribution in [3.8, 4) is 17.5 Å². The van der Waals surface area contributed by atoms with Crippen LogP contribution in [0, 0.1) is 17.8 Å². The molecule has 0 radical (unpaired) electrons. The lowest BCUT2D eigenvalue weighted by Crippen LogP contribution is -2.39. The van der Waals surface area contributed by atoms with Gasteiger partial charge in [-0.2, -0.15) is 10.2 Å². The lowest BCUT2D eigenvalue weighted by atomic mass is 9.86. The van der Waals surface area contributed by atoms with E-state index < -0.39 is 0 Å². The predicted molar refractivity (Wildman–Crippen MR) is 140 cm³/mol. The summed E-state index contributed by atoms with van der Waals surface area (Å²) < 4.78 is 8.55. The minimum atomic E-state index is -0.166. The Bertz CT molecular complexity index is 1470. The van der Waals surface area contributed by atoms with E-state index in [-0.39, 0.29) is 23.8 Å². The van der Waals surface area contributed by atoms with Crippen LogP contribution in [-0.4, -0.2) is 44.6 Å². The van der Waals surface area contributed by atoms with E-state index in [9.17, 15) is 9.59 Å². The van der Waals surface area contributed by atoms with Crippen molar-refractivity contribution in [2.24, 2.45) is 5.92 Å². The first kappa shape index (κ1) is 24.3. The fraction of sp³-hybridized carbons (Fsp3) is 0.310. The molecule has 8 nitrogen and oxygen atoms in total. The maximum absolute atomic E-state index is 13.5. The Morgan fingerprint density at radius 2 is 1.86 bits per heavy atom. The summed E-state index contributed by atoms with van der Waals surface area (Å²) in [5, 5.41) is 12.9. The standard InChI is InChI=1S/C29H29N5O3/c1-3-5-21-10-15-25(28(35)32-23-11-8-22(9-12-23)29(36)37-2)27-26(21)18-31-34(27)19-20-6-13-24(14-7-20)33-17-4-16-30-33/h4,6-7,10,13-18,22-23H,8-9,11-12,19H2,1-2H3,(H,32,35). The van der Waals surface area contributed by atoms with Gasteiger partial charge in [0.05, 0.1) is 42.5 Å². The Balaban J connectivity index is 1.40. The van der Waals surface area contributed by atoms with Crippen LogP contribution in [0.5, 0.6) is 0 Å². The van der Waals surface area contributed by atoms with Gasteiger partial charge < -0.3 is 10.1 Å². The lowest BCUT2D eigenvalue weighted by molar-refractivity contribution is -0.146. The Hall–Kier alpha value is -4.38. The molecule has 0 unspecified atom stereocenters. The monoisotopic (exact) mass is 495 g/mol. The normalized spacial score (nSPS) is 17.1. The highest BCUT2D eigenvalue weighted by molar-refractivity contribution is 6.07. The van der Waals surface area contributed by atoms with E-state index >= 15 is 0 Å². The highest BCUT2D eigenvalue weighted by Gasteiger charge is 2.28. The molecule has 0 aliphatic heterocycles. The van der Waals surface area contributed by atoms with Gasteiger partial charge >= 0.3 is 5.97 Å². The van der Waals surface area contributed by atoms with E-state index in [2.05, 4.69) is 27.4 Å². The molecule has 37 heavy (non-hydrogen) atoms. The number of nitrogens with zero attached hydrogens (tertiary/aromatic N) is 4. The highest BCUT2D eigenvalue weighted by atomic mass is 16.5. The van der Waals surface area contributed by atoms with E-state index in [1.807, 2.05) is 58.0 Å². The molecular weight excluding hydrogens is 466 g/mol. The summed E-state index contributed by atoms with van der Waals surface area (Å²) in [7, 11) is 1.42. The SMILES string of the molecule is CC#Cc1ccc(C(=O)NC2CCC(C(=O)OC)CC2)c2c1cnn2Cc1ccc(-n2cccn2)cc1. The van der Waals surface area contributed by atoms with Crippen molar-refractivity contribution in [1.82, 2.24) is 24.9 Å². The number of amides is 1. The van der Waals surface area contributed by atoms with Gasteiger partial charge in [-0.25, -0.2) is 4.68 Å². The van der Waals surface area contributed by atoms with Crippen molar-refractivity contribution in [2.45, 2.75) is 45.2 Å². The Morgan fingerprint density at radius 3 is 2.54 bits per heavy atom. The molecule has 0 bridgehead atoms. The second kappa shape index (κ2) is 10.7. The highest BCUT2D eigenvalue weighted by Crippen LogP contribution is 2.27. The largest absolute Gasteiger partial charge is 0.469 e. The zero-order valence-electron chi connectivity index (χ0n) is 21.0. The molecule has 5 rings (SSSR count). The van der Waals surface area contributed by atoms with Crippen molar-refractivity contribution in [1.29, 1.82) is 0 Å². The number of rotatable bonds is 6. The van der Waals surface area contributed by atoms with Gasteiger partial charge in [-0.05, 0) is 68.5 Å². The smallest absolute Gasteiger partial charge is 0.308 e. The summed E-state index contributed by atoms with van der Waals surface area (Å²) in [4.78, 5) is 25.3. The maximum atomic E-state index is 13.5. The number of carbonyl (C=O) groups excluding carboxylic acids is 2. The second-order valence-electron chi connectivity index (χ2n) is 9.26. The minimum Gasteiger partial charge on any atom is -0.469 e. The van der Waals surface area contributed by atoms with E-state index in [1.54, 1.807) is 19.3 Å². The first-order chi connectivity index (χ1) is 18.1. The van der Waals surface area contributed by atoms with E-state index in [1.165, 1.54) is 7.11 Å². The Labute approximate surface area is 215 Å². The van der Waals surface area contributed by atoms with E-state index in [4.69, 9.17) is 4.74 Å². The number of hydrogen-bond acceptors (Lipinski definition) is 5. The number of aromatic nitrogens is 4. The fourth-order valence-electron chi connectivity index (χ4n) is 5.00. The topological polar surface area (TPSA) is 91.0 Å². The summed E-state index contributed by atoms with van der Waals surface area (Å²) in [6.45, 7) is 2.30. The van der Waals surface area contributed by atoms with Crippen LogP contribution in [0.15, 0.2) is 61.1 Å². The van der Waals surface area contributed by atoms with Crippen LogP contribution in [0.3, 0.4) is 0 Å². The van der Waals surface area contributed by atoms with Crippen molar-refractivity contribution >= 4 is 22.8 Å². The number of esters is 1. The van der Waals surface area contributed by atoms with Crippen molar-refractivity contribution in [3.63, 3.8) is 0 Å². The van der Waals surface area contributed by atoms with Crippen LogP contribution in [0.1, 0.15) is 54.1 Å². The van der Waals surface area contributed by atoms with Crippen LogP contribution in [-0.2, 0) is 16.1 Å². The molecule has 1 fully saturated rings. The molecule has 0 saturated heterocycles. The molecule has 4 aromatic rings. The average Bonchev–Trinajstić information content (AvgIpc) is 3.61. The van der Waals surface area contributed by atoms with Gasteiger partial charge in [-0.3, -0.25) is 14.3 Å². The van der Waals surface area contributed by atoms with Gasteiger partial charge in [0.1, 0.15) is 0 Å². The van der Waals surface area contributed by atoms with Gasteiger partial charge in [-0.15, -0.1) is 5.92 Å². The van der Waals surface area contributed by atoms with Crippen molar-refractivity contribution in [2.75, 3.05) is 7.11 Å². The number of hydrogen-bond donors (Lipinski definition) is 1. The first-order valence-electron chi connectivity index (χ1n) is 12.5. The molecule has 1 aliphatic carbocycles. The van der Waals surface area contributed by atoms with Crippen molar-refractivity contribution < 1.29 is 14.3 Å². The summed E-state index contributed by atoms with van der Waals surface area (Å²) in [6.07, 6.45) is 8.35. The summed E-state index contributed by atoms with van der Waals surface area (Å²) in [5.74, 6) is 5.69. The first-order valence-corrected chi connectivity index (χ1v) is 12.5. The fourth-order valence-corrected chi connectivity index (χ4v) is 5.00. The molecule has 8 heteroatoms. The number of ether oxygens (including phenoxy) is 1. The molecule has 1 amide bonds. The van der Waals surface area contributed by atoms with Crippen LogP contribution < -0.4 is 5.32 Å². The van der Waals surface area contributed by atoms with Gasteiger partial charge in [0, 0.05) is 29.4 Å². The number of fused-ring (bicyclic) bond motifs is 1. The molecule has 0 atom stereocenters. The quantitative estimate of drug-likeness (QED) is 0.321. The predicted octanol–water partition coefficient (Wildman–Crippen LogP) is 4.10. The van der Waals surface area contributed by atoms with Crippen molar-refractivity contribution in [3.05, 3.63) is 77.7 Å². The molecule has 2 aromatic heterocycles. The molecule has 1 saturated carbocycles. The molecule has 2 aromatic carbocycles. The van der Waals surface area contributed by atoms with E-state index in [0.717, 1.165) is 40.6 Å². The summed E-state index contributed by atoms with van der Waals surface area (Å²) >= 11 is 0. The average molecular weight is 496 g/mol. The minimum absolute atomic E-state index is 0.0183. The van der Waals surface area contributed by atoms with Crippen LogP contribution in [0.25, 0.3) is 16.6 Å². The number of nitrogens with one attached hydrogen (secondary N) is 1. The zero-order valence-corrected chi connectivity index (χ0v) is 21.0. The Kier molecular flexibility index (Phi) is 7.04. The molecule has 1 aliphatic rings. The van der Waals surface area contributed by atoms with Crippen LogP contribution >= 0.6 is 0 Å². The van der Waals surface area contributed by atoms with Gasteiger partial charge in [0.2, 0.25) is 0 Å². The molecule has 1 N–H and O–H groups in total. The van der Waals surface area contributed by atoms with Crippen LogP contribution in [0.4, 0.5) is 0 Å². The van der Waals surface area contributed by atoms with Crippen LogP contribution in [0.2, 0.25) is 0 Å². The third kappa shape index (κ3) is 5.12. The second-order valence-corrected chi connectivity index (χ2v) is 9.26. The molecule has 188 valence electrons. The number of methoxy groups -OCH3 is 1. The lowest BCUT2D eigenvalue weighted by Gasteiger charge is -2.27. The zero-order chi connectivity index (χ0) is 25.8. The number of carbonyl (C=O) groups is 2. The summed E-state index contributed by atoms with van der Waals surface area (Å²) in [5.41, 5.74) is 4.20.